The van der Waals surface area contributed by atoms with Gasteiger partial charge in [0.2, 0.25) is 0 Å². The minimum Gasteiger partial charge on any atom is -0.464 e. The van der Waals surface area contributed by atoms with Crippen LogP contribution in [-0.2, 0) is 0 Å². The molecule has 0 N–H and O–H groups in total. The molecule has 0 spiro atoms. The Morgan fingerprint density at radius 3 is 3.00 bits per heavy atom. The highest BCUT2D eigenvalue weighted by Gasteiger charge is 2.04. The van der Waals surface area contributed by atoms with Crippen LogP contribution in [0.25, 0.3) is 21.6 Å². The molecule has 0 saturated carbocycles. The second-order valence-electron chi connectivity index (χ2n) is 2.93. The van der Waals surface area contributed by atoms with Gasteiger partial charge in [-0.2, -0.15) is 0 Å². The van der Waals surface area contributed by atoms with Crippen LogP contribution in [0.5, 0.6) is 0 Å². The molecule has 0 radical (unpaired) electrons. The van der Waals surface area contributed by atoms with Crippen molar-refractivity contribution in [2.75, 3.05) is 0 Å². The summed E-state index contributed by atoms with van der Waals surface area (Å²) in [5.74, 6) is 0.797. The average molecular weight is 226 g/mol. The van der Waals surface area contributed by atoms with Crippen LogP contribution in [0.2, 0.25) is 0 Å². The summed E-state index contributed by atoms with van der Waals surface area (Å²) in [5.41, 5.74) is 0.0906. The van der Waals surface area contributed by atoms with E-state index in [9.17, 15) is 0 Å². The molecular weight excluding hydrogens is 220 g/mol. The molecule has 76 valence electrons. The van der Waals surface area contributed by atoms with Gasteiger partial charge in [0.25, 0.3) is 5.70 Å². The number of rotatable bonds is 2. The molecule has 0 bridgehead atoms. The van der Waals surface area contributed by atoms with Crippen molar-refractivity contribution in [3.8, 4) is 16.7 Å². The Hall–Kier alpha value is -2.30. The van der Waals surface area contributed by atoms with Crippen LogP contribution < -0.4 is 0 Å². The van der Waals surface area contributed by atoms with Gasteiger partial charge < -0.3 is 4.42 Å². The first kappa shape index (κ1) is 10.2. The Balaban J connectivity index is 2.32. The van der Waals surface area contributed by atoms with E-state index >= 15 is 0 Å². The van der Waals surface area contributed by atoms with E-state index in [1.165, 1.54) is 11.3 Å². The summed E-state index contributed by atoms with van der Waals surface area (Å²) in [6.07, 6.45) is 3.19. The molecule has 2 rings (SSSR count). The van der Waals surface area contributed by atoms with Gasteiger partial charge in [-0.1, -0.05) is 0 Å². The predicted molar refractivity (Wildman–Crippen MR) is 62.2 cm³/mol. The van der Waals surface area contributed by atoms with Crippen LogP contribution >= 0.6 is 11.3 Å². The maximum absolute atomic E-state index is 8.63. The summed E-state index contributed by atoms with van der Waals surface area (Å²) in [6.45, 7) is 6.78. The third-order valence-corrected chi connectivity index (χ3v) is 2.95. The van der Waals surface area contributed by atoms with Gasteiger partial charge in [0.05, 0.1) is 23.8 Å². The highest BCUT2D eigenvalue weighted by molar-refractivity contribution is 7.16. The first-order chi connectivity index (χ1) is 7.83. The van der Waals surface area contributed by atoms with Gasteiger partial charge >= 0.3 is 0 Å². The first-order valence-electron chi connectivity index (χ1n) is 4.46. The Morgan fingerprint density at radius 1 is 1.50 bits per heavy atom. The van der Waals surface area contributed by atoms with Crippen molar-refractivity contribution >= 4 is 17.4 Å². The quantitative estimate of drug-likeness (QED) is 0.577. The Bertz CT molecular complexity index is 578. The van der Waals surface area contributed by atoms with E-state index in [2.05, 4.69) is 4.85 Å². The van der Waals surface area contributed by atoms with Crippen LogP contribution in [-0.4, -0.2) is 0 Å². The summed E-state index contributed by atoms with van der Waals surface area (Å²) in [7, 11) is 0. The van der Waals surface area contributed by atoms with E-state index in [1.54, 1.807) is 12.3 Å². The first-order valence-corrected chi connectivity index (χ1v) is 5.28. The molecule has 0 aliphatic carbocycles. The minimum absolute atomic E-state index is 0.0906. The molecule has 4 heteroatoms. The molecule has 2 aromatic rings. The second kappa shape index (κ2) is 4.48. The molecule has 2 heterocycles. The largest absolute Gasteiger partial charge is 0.464 e. The molecule has 0 saturated heterocycles. The topological polar surface area (TPSA) is 41.3 Å². The van der Waals surface area contributed by atoms with Crippen molar-refractivity contribution in [1.29, 1.82) is 5.26 Å². The number of hydrogen-bond donors (Lipinski definition) is 0. The maximum atomic E-state index is 8.63. The average Bonchev–Trinajstić information content (AvgIpc) is 2.96. The molecule has 0 amide bonds. The smallest absolute Gasteiger partial charge is 0.263 e. The zero-order chi connectivity index (χ0) is 11.4. The van der Waals surface area contributed by atoms with Crippen molar-refractivity contribution in [3.05, 3.63) is 52.5 Å². The highest BCUT2D eigenvalue weighted by atomic mass is 32.1. The fourth-order valence-electron chi connectivity index (χ4n) is 1.21. The fraction of sp³-hybridized carbons (Fsp3) is 0. The van der Waals surface area contributed by atoms with Gasteiger partial charge in [0.1, 0.15) is 5.76 Å². The van der Waals surface area contributed by atoms with E-state index in [0.29, 0.717) is 0 Å². The number of nitriles is 1. The third-order valence-electron chi connectivity index (χ3n) is 1.90. The van der Waals surface area contributed by atoms with E-state index in [-0.39, 0.29) is 5.70 Å². The molecule has 0 unspecified atom stereocenters. The van der Waals surface area contributed by atoms with Crippen LogP contribution in [0, 0.1) is 17.9 Å². The molecule has 3 nitrogen and oxygen atoms in total. The molecule has 16 heavy (non-hydrogen) atoms. The molecule has 0 aliphatic heterocycles. The SMILES string of the molecule is [C-]#[N+]/C(C#N)=C\c1ccc(-c2ccco2)s1. The van der Waals surface area contributed by atoms with Gasteiger partial charge in [0.15, 0.2) is 0 Å². The van der Waals surface area contributed by atoms with Crippen molar-refractivity contribution in [2.45, 2.75) is 0 Å². The van der Waals surface area contributed by atoms with E-state index < -0.39 is 0 Å². The van der Waals surface area contributed by atoms with E-state index in [0.717, 1.165) is 15.5 Å². The summed E-state index contributed by atoms with van der Waals surface area (Å²) >= 11 is 1.49. The maximum Gasteiger partial charge on any atom is 0.263 e. The summed E-state index contributed by atoms with van der Waals surface area (Å²) < 4.78 is 5.25. The van der Waals surface area contributed by atoms with Gasteiger partial charge in [-0.3, -0.25) is 0 Å². The number of nitrogens with zero attached hydrogens (tertiary/aromatic N) is 2. The van der Waals surface area contributed by atoms with Gasteiger partial charge in [-0.25, -0.2) is 10.1 Å². The molecule has 2 aromatic heterocycles. The van der Waals surface area contributed by atoms with Crippen LogP contribution in [0.1, 0.15) is 4.88 Å². The molecule has 0 aromatic carbocycles. The van der Waals surface area contributed by atoms with Crippen molar-refractivity contribution in [3.63, 3.8) is 0 Å². The van der Waals surface area contributed by atoms with Gasteiger partial charge in [-0.05, 0) is 30.3 Å². The highest BCUT2D eigenvalue weighted by Crippen LogP contribution is 2.29. The van der Waals surface area contributed by atoms with Crippen LogP contribution in [0.4, 0.5) is 0 Å². The van der Waals surface area contributed by atoms with Gasteiger partial charge in [-0.15, -0.1) is 11.3 Å². The van der Waals surface area contributed by atoms with Crippen molar-refractivity contribution in [1.82, 2.24) is 0 Å². The second-order valence-corrected chi connectivity index (χ2v) is 4.05. The Morgan fingerprint density at radius 2 is 2.38 bits per heavy atom. The summed E-state index contributed by atoms with van der Waals surface area (Å²) in [5, 5.41) is 8.63. The molecule has 0 fully saturated rings. The lowest BCUT2D eigenvalue weighted by molar-refractivity contribution is 0.584. The number of thiophene rings is 1. The third kappa shape index (κ3) is 2.03. The van der Waals surface area contributed by atoms with Crippen LogP contribution in [0.15, 0.2) is 40.6 Å². The molecule has 0 aliphatic rings. The number of hydrogen-bond acceptors (Lipinski definition) is 3. The van der Waals surface area contributed by atoms with E-state index in [1.807, 2.05) is 30.3 Å². The summed E-state index contributed by atoms with van der Waals surface area (Å²) in [4.78, 5) is 4.97. The van der Waals surface area contributed by atoms with Crippen molar-refractivity contribution < 1.29 is 4.42 Å². The zero-order valence-corrected chi connectivity index (χ0v) is 8.99. The Labute approximate surface area is 96.7 Å². The lowest BCUT2D eigenvalue weighted by atomic mass is 10.3. The van der Waals surface area contributed by atoms with Crippen molar-refractivity contribution in [2.24, 2.45) is 0 Å². The monoisotopic (exact) mass is 226 g/mol. The molecule has 0 atom stereocenters. The lowest BCUT2D eigenvalue weighted by Crippen LogP contribution is -1.65. The number of allylic oxidation sites excluding steroid dienone is 1. The standard InChI is InChI=1S/C12H6N2OS/c1-14-9(8-13)7-10-4-5-12(16-10)11-3-2-6-15-11/h2-7H/b9-7-. The fourth-order valence-corrected chi connectivity index (χ4v) is 2.12. The summed E-state index contributed by atoms with van der Waals surface area (Å²) in [6, 6.07) is 9.31. The Kier molecular flexibility index (Phi) is 2.86. The predicted octanol–water partition coefficient (Wildman–Crippen LogP) is 3.79. The zero-order valence-electron chi connectivity index (χ0n) is 8.18. The van der Waals surface area contributed by atoms with E-state index in [4.69, 9.17) is 16.3 Å². The number of furan rings is 1. The molecular formula is C12H6N2OS. The lowest BCUT2D eigenvalue weighted by Gasteiger charge is -1.87. The van der Waals surface area contributed by atoms with Gasteiger partial charge in [0, 0.05) is 4.88 Å². The normalized spacial score (nSPS) is 10.8. The van der Waals surface area contributed by atoms with Crippen LogP contribution in [0.3, 0.4) is 0 Å². The minimum atomic E-state index is 0.0906.